The lowest BCUT2D eigenvalue weighted by molar-refractivity contribution is -0.148. The summed E-state index contributed by atoms with van der Waals surface area (Å²) in [6, 6.07) is 4.23. The molecule has 5 heteroatoms. The predicted molar refractivity (Wildman–Crippen MR) is 105 cm³/mol. The molecule has 0 saturated carbocycles. The van der Waals surface area contributed by atoms with E-state index in [2.05, 4.69) is 59.2 Å². The highest BCUT2D eigenvalue weighted by Crippen LogP contribution is 2.41. The van der Waals surface area contributed by atoms with Gasteiger partial charge < -0.3 is 9.94 Å². The molecule has 0 amide bonds. The molecular formula is C20H33NO3S. The van der Waals surface area contributed by atoms with Crippen molar-refractivity contribution in [2.45, 2.75) is 77.0 Å². The normalized spacial score (nSPS) is 12.3. The van der Waals surface area contributed by atoms with Crippen LogP contribution in [0.3, 0.4) is 0 Å². The molecule has 0 aliphatic rings. The Balaban J connectivity index is 2.75. The van der Waals surface area contributed by atoms with E-state index in [9.17, 15) is 9.90 Å². The maximum Gasteiger partial charge on any atom is 0.321 e. The molecule has 25 heavy (non-hydrogen) atoms. The van der Waals surface area contributed by atoms with Gasteiger partial charge in [-0.05, 0) is 41.6 Å². The van der Waals surface area contributed by atoms with Gasteiger partial charge in [0.25, 0.3) is 0 Å². The quantitative estimate of drug-likeness (QED) is 0.407. The molecule has 0 fully saturated rings. The molecule has 4 nitrogen and oxygen atoms in total. The second kappa shape index (κ2) is 8.95. The Morgan fingerprint density at radius 2 is 1.60 bits per heavy atom. The summed E-state index contributed by atoms with van der Waals surface area (Å²) in [5.41, 5.74) is 4.45. The average Bonchev–Trinajstić information content (AvgIpc) is 2.44. The van der Waals surface area contributed by atoms with E-state index in [1.54, 1.807) is 0 Å². The van der Waals surface area contributed by atoms with Crippen LogP contribution in [0.15, 0.2) is 17.0 Å². The highest BCUT2D eigenvalue weighted by atomic mass is 32.2. The van der Waals surface area contributed by atoms with Gasteiger partial charge in [0.05, 0.1) is 0 Å². The maximum absolute atomic E-state index is 10.7. The Kier molecular flexibility index (Phi) is 7.82. The van der Waals surface area contributed by atoms with Crippen molar-refractivity contribution in [3.8, 4) is 5.75 Å². The number of hydrogen-bond acceptors (Lipinski definition) is 5. The number of phenols is 1. The number of hydroxylamine groups is 1. The summed E-state index contributed by atoms with van der Waals surface area (Å²) in [5, 5.41) is 10.7. The summed E-state index contributed by atoms with van der Waals surface area (Å²) in [6.45, 7) is 14.8. The number of thioether (sulfide) groups is 1. The van der Waals surface area contributed by atoms with Gasteiger partial charge in [0.1, 0.15) is 5.75 Å². The van der Waals surface area contributed by atoms with Crippen molar-refractivity contribution in [1.29, 1.82) is 0 Å². The molecule has 142 valence electrons. The number of benzene rings is 1. The summed E-state index contributed by atoms with van der Waals surface area (Å²) in [4.78, 5) is 16.6. The summed E-state index contributed by atoms with van der Waals surface area (Å²) in [5.74, 6) is 1.09. The molecule has 1 rings (SSSR count). The van der Waals surface area contributed by atoms with E-state index in [0.717, 1.165) is 29.7 Å². The Bertz CT molecular complexity index is 551. The van der Waals surface area contributed by atoms with E-state index in [1.807, 2.05) is 11.8 Å². The summed E-state index contributed by atoms with van der Waals surface area (Å²) >= 11 is 1.81. The van der Waals surface area contributed by atoms with Crippen LogP contribution in [0.5, 0.6) is 5.75 Å². The Labute approximate surface area is 156 Å². The minimum absolute atomic E-state index is 0.103. The van der Waals surface area contributed by atoms with Crippen molar-refractivity contribution in [3.63, 3.8) is 0 Å². The fourth-order valence-corrected chi connectivity index (χ4v) is 3.46. The molecule has 0 heterocycles. The molecule has 2 N–H and O–H groups in total. The third-order valence-corrected chi connectivity index (χ3v) is 4.92. The van der Waals surface area contributed by atoms with Gasteiger partial charge in [0.2, 0.25) is 0 Å². The molecule has 1 aromatic carbocycles. The number of carbonyl (C=O) groups excluding carboxylic acids is 1. The van der Waals surface area contributed by atoms with Crippen LogP contribution in [-0.2, 0) is 20.5 Å². The standard InChI is InChI=1S/C20H33NO3S/c1-14(22)24-21-10-8-9-11-25-15-12-16(19(2,3)4)18(23)17(13-15)20(5,6)7/h12-13,21,23H,8-11H2,1-7H3. The summed E-state index contributed by atoms with van der Waals surface area (Å²) in [6.07, 6.45) is 1.96. The molecule has 0 saturated heterocycles. The van der Waals surface area contributed by atoms with Crippen LogP contribution in [0.25, 0.3) is 0 Å². The minimum atomic E-state index is -0.317. The third-order valence-electron chi connectivity index (χ3n) is 3.86. The molecule has 0 atom stereocenters. The lowest BCUT2D eigenvalue weighted by atomic mass is 9.79. The fraction of sp³-hybridized carbons (Fsp3) is 0.650. The molecule has 1 aromatic rings. The van der Waals surface area contributed by atoms with E-state index >= 15 is 0 Å². The predicted octanol–water partition coefficient (Wildman–Crippen LogP) is 4.93. The van der Waals surface area contributed by atoms with Gasteiger partial charge in [-0.1, -0.05) is 41.5 Å². The molecule has 0 aromatic heterocycles. The van der Waals surface area contributed by atoms with Crippen LogP contribution in [0.4, 0.5) is 0 Å². The zero-order valence-corrected chi connectivity index (χ0v) is 17.5. The van der Waals surface area contributed by atoms with Gasteiger partial charge in [0, 0.05) is 29.5 Å². The zero-order chi connectivity index (χ0) is 19.3. The first-order valence-electron chi connectivity index (χ1n) is 8.84. The van der Waals surface area contributed by atoms with Crippen LogP contribution in [0.2, 0.25) is 0 Å². The van der Waals surface area contributed by atoms with E-state index in [0.29, 0.717) is 12.3 Å². The highest BCUT2D eigenvalue weighted by Gasteiger charge is 2.26. The molecular weight excluding hydrogens is 334 g/mol. The van der Waals surface area contributed by atoms with Crippen molar-refractivity contribution in [2.75, 3.05) is 12.3 Å². The van der Waals surface area contributed by atoms with Crippen LogP contribution >= 0.6 is 11.8 Å². The van der Waals surface area contributed by atoms with Crippen LogP contribution < -0.4 is 5.48 Å². The summed E-state index contributed by atoms with van der Waals surface area (Å²) < 4.78 is 0. The van der Waals surface area contributed by atoms with Gasteiger partial charge >= 0.3 is 5.97 Å². The Morgan fingerprint density at radius 3 is 2.04 bits per heavy atom. The van der Waals surface area contributed by atoms with Gasteiger partial charge in [-0.25, -0.2) is 0 Å². The number of hydrogen-bond donors (Lipinski definition) is 2. The first-order valence-corrected chi connectivity index (χ1v) is 9.82. The molecule has 0 aliphatic carbocycles. The van der Waals surface area contributed by atoms with Crippen molar-refractivity contribution >= 4 is 17.7 Å². The third kappa shape index (κ3) is 7.28. The number of phenolic OH excluding ortho intramolecular Hbond substituents is 1. The topological polar surface area (TPSA) is 58.6 Å². The maximum atomic E-state index is 10.7. The first-order chi connectivity index (χ1) is 11.4. The zero-order valence-electron chi connectivity index (χ0n) is 16.7. The monoisotopic (exact) mass is 367 g/mol. The number of nitrogens with one attached hydrogen (secondary N) is 1. The van der Waals surface area contributed by atoms with Crippen LogP contribution in [0.1, 0.15) is 72.4 Å². The Hall–Kier alpha value is -1.20. The van der Waals surface area contributed by atoms with Crippen molar-refractivity contribution < 1.29 is 14.7 Å². The molecule has 0 aliphatic heterocycles. The van der Waals surface area contributed by atoms with Gasteiger partial charge in [-0.15, -0.1) is 11.8 Å². The highest BCUT2D eigenvalue weighted by molar-refractivity contribution is 7.99. The van der Waals surface area contributed by atoms with E-state index in [-0.39, 0.29) is 16.8 Å². The van der Waals surface area contributed by atoms with E-state index < -0.39 is 0 Å². The van der Waals surface area contributed by atoms with Crippen molar-refractivity contribution in [3.05, 3.63) is 23.3 Å². The van der Waals surface area contributed by atoms with Gasteiger partial charge in [-0.2, -0.15) is 5.48 Å². The van der Waals surface area contributed by atoms with Crippen LogP contribution in [-0.4, -0.2) is 23.4 Å². The second-order valence-corrected chi connectivity index (χ2v) is 9.58. The molecule has 0 bridgehead atoms. The van der Waals surface area contributed by atoms with E-state index in [1.165, 1.54) is 11.8 Å². The second-order valence-electron chi connectivity index (χ2n) is 8.41. The number of rotatable bonds is 7. The number of carbonyl (C=O) groups is 1. The minimum Gasteiger partial charge on any atom is -0.507 e. The Morgan fingerprint density at radius 1 is 1.08 bits per heavy atom. The average molecular weight is 368 g/mol. The first kappa shape index (κ1) is 21.8. The van der Waals surface area contributed by atoms with Gasteiger partial charge in [-0.3, -0.25) is 4.79 Å². The van der Waals surface area contributed by atoms with Crippen molar-refractivity contribution in [1.82, 2.24) is 5.48 Å². The molecule has 0 unspecified atom stereocenters. The largest absolute Gasteiger partial charge is 0.507 e. The lowest BCUT2D eigenvalue weighted by Gasteiger charge is -2.28. The smallest absolute Gasteiger partial charge is 0.321 e. The molecule has 0 radical (unpaired) electrons. The SMILES string of the molecule is CC(=O)ONCCCCSc1cc(C(C)(C)C)c(O)c(C(C)(C)C)c1. The van der Waals surface area contributed by atoms with E-state index in [4.69, 9.17) is 4.84 Å². The molecule has 0 spiro atoms. The van der Waals surface area contributed by atoms with Crippen LogP contribution in [0, 0.1) is 0 Å². The number of unbranched alkanes of at least 4 members (excludes halogenated alkanes) is 1. The summed E-state index contributed by atoms with van der Waals surface area (Å²) in [7, 11) is 0. The lowest BCUT2D eigenvalue weighted by Crippen LogP contribution is -2.19. The fourth-order valence-electron chi connectivity index (χ4n) is 2.48. The number of aromatic hydroxyl groups is 1. The van der Waals surface area contributed by atoms with Crippen molar-refractivity contribution in [2.24, 2.45) is 0 Å². The van der Waals surface area contributed by atoms with Gasteiger partial charge in [0.15, 0.2) is 0 Å².